The summed E-state index contributed by atoms with van der Waals surface area (Å²) in [6.45, 7) is 4.03. The highest BCUT2D eigenvalue weighted by molar-refractivity contribution is 5.48. The van der Waals surface area contributed by atoms with Crippen LogP contribution in [-0.4, -0.2) is 14.1 Å². The zero-order chi connectivity index (χ0) is 13.7. The molecule has 0 radical (unpaired) electrons. The fourth-order valence-corrected chi connectivity index (χ4v) is 2.21. The molecule has 19 heavy (non-hydrogen) atoms. The Bertz CT molecular complexity index is 517. The molecule has 0 saturated carbocycles. The van der Waals surface area contributed by atoms with Crippen molar-refractivity contribution in [1.82, 2.24) is 5.32 Å². The molecular weight excluding hydrogens is 232 g/mol. The molecule has 100 valence electrons. The molecule has 2 aromatic carbocycles. The van der Waals surface area contributed by atoms with Crippen LogP contribution in [0, 0.1) is 6.92 Å². The smallest absolute Gasteiger partial charge is 0.0428 e. The van der Waals surface area contributed by atoms with E-state index in [1.807, 2.05) is 7.05 Å². The van der Waals surface area contributed by atoms with Crippen LogP contribution in [0.3, 0.4) is 0 Å². The van der Waals surface area contributed by atoms with Gasteiger partial charge in [0.05, 0.1) is 0 Å². The van der Waals surface area contributed by atoms with E-state index in [-0.39, 0.29) is 0 Å². The number of nitrogens with zero attached hydrogens (tertiary/aromatic N) is 1. The zero-order valence-corrected chi connectivity index (χ0v) is 12.0. The van der Waals surface area contributed by atoms with Gasteiger partial charge in [0.1, 0.15) is 0 Å². The summed E-state index contributed by atoms with van der Waals surface area (Å²) in [5.74, 6) is 0. The summed E-state index contributed by atoms with van der Waals surface area (Å²) in [6.07, 6.45) is 0. The average Bonchev–Trinajstić information content (AvgIpc) is 2.42. The number of rotatable bonds is 5. The predicted molar refractivity (Wildman–Crippen MR) is 82.5 cm³/mol. The van der Waals surface area contributed by atoms with Crippen molar-refractivity contribution in [1.29, 1.82) is 0 Å². The molecule has 0 unspecified atom stereocenters. The van der Waals surface area contributed by atoms with E-state index in [0.29, 0.717) is 0 Å². The first-order valence-electron chi connectivity index (χ1n) is 6.70. The third-order valence-corrected chi connectivity index (χ3v) is 3.43. The van der Waals surface area contributed by atoms with Crippen LogP contribution in [0.1, 0.15) is 16.7 Å². The van der Waals surface area contributed by atoms with Gasteiger partial charge in [0.2, 0.25) is 0 Å². The summed E-state index contributed by atoms with van der Waals surface area (Å²) < 4.78 is 0. The van der Waals surface area contributed by atoms with Gasteiger partial charge in [0.25, 0.3) is 0 Å². The van der Waals surface area contributed by atoms with Crippen molar-refractivity contribution >= 4 is 5.69 Å². The standard InChI is InChI=1S/C17H22N2/c1-14-6-4-5-7-16(14)13-19(3)17-10-8-15(9-11-17)12-18-2/h4-11,18H,12-13H2,1-3H3. The SMILES string of the molecule is CNCc1ccc(N(C)Cc2ccccc2C)cc1. The van der Waals surface area contributed by atoms with Crippen molar-refractivity contribution < 1.29 is 0 Å². The molecule has 0 heterocycles. The molecule has 2 nitrogen and oxygen atoms in total. The second kappa shape index (κ2) is 6.39. The second-order valence-corrected chi connectivity index (χ2v) is 4.98. The van der Waals surface area contributed by atoms with Crippen LogP contribution in [0.5, 0.6) is 0 Å². The summed E-state index contributed by atoms with van der Waals surface area (Å²) in [7, 11) is 4.11. The minimum Gasteiger partial charge on any atom is -0.370 e. The molecule has 2 rings (SSSR count). The largest absolute Gasteiger partial charge is 0.370 e. The van der Waals surface area contributed by atoms with E-state index >= 15 is 0 Å². The van der Waals surface area contributed by atoms with E-state index in [1.54, 1.807) is 0 Å². The number of hydrogen-bond acceptors (Lipinski definition) is 2. The van der Waals surface area contributed by atoms with Crippen molar-refractivity contribution in [3.8, 4) is 0 Å². The summed E-state index contributed by atoms with van der Waals surface area (Å²) in [4.78, 5) is 2.28. The van der Waals surface area contributed by atoms with Crippen molar-refractivity contribution in [2.75, 3.05) is 19.0 Å². The average molecular weight is 254 g/mol. The molecular formula is C17H22N2. The number of hydrogen-bond donors (Lipinski definition) is 1. The zero-order valence-electron chi connectivity index (χ0n) is 12.0. The molecule has 0 spiro atoms. The van der Waals surface area contributed by atoms with E-state index in [9.17, 15) is 0 Å². The van der Waals surface area contributed by atoms with Crippen molar-refractivity contribution in [3.63, 3.8) is 0 Å². The van der Waals surface area contributed by atoms with Gasteiger partial charge in [-0.1, -0.05) is 36.4 Å². The van der Waals surface area contributed by atoms with Crippen LogP contribution >= 0.6 is 0 Å². The van der Waals surface area contributed by atoms with Gasteiger partial charge >= 0.3 is 0 Å². The molecule has 0 aliphatic heterocycles. The minimum absolute atomic E-state index is 0.918. The van der Waals surface area contributed by atoms with Crippen LogP contribution in [-0.2, 0) is 13.1 Å². The Balaban J connectivity index is 2.07. The van der Waals surface area contributed by atoms with Gasteiger partial charge in [0, 0.05) is 25.8 Å². The maximum Gasteiger partial charge on any atom is 0.0428 e. The lowest BCUT2D eigenvalue weighted by Gasteiger charge is -2.21. The normalized spacial score (nSPS) is 10.5. The molecule has 2 heteroatoms. The predicted octanol–water partition coefficient (Wildman–Crippen LogP) is 3.35. The molecule has 0 atom stereocenters. The minimum atomic E-state index is 0.918. The van der Waals surface area contributed by atoms with E-state index < -0.39 is 0 Å². The fraction of sp³-hybridized carbons (Fsp3) is 0.294. The van der Waals surface area contributed by atoms with Gasteiger partial charge in [-0.25, -0.2) is 0 Å². The Morgan fingerprint density at radius 2 is 1.68 bits per heavy atom. The molecule has 0 bridgehead atoms. The van der Waals surface area contributed by atoms with Crippen LogP contribution in [0.2, 0.25) is 0 Å². The summed E-state index contributed by atoms with van der Waals surface area (Å²) in [5, 5.41) is 3.17. The van der Waals surface area contributed by atoms with Crippen LogP contribution < -0.4 is 10.2 Å². The molecule has 1 N–H and O–H groups in total. The van der Waals surface area contributed by atoms with Gasteiger partial charge < -0.3 is 10.2 Å². The first-order chi connectivity index (χ1) is 9.20. The van der Waals surface area contributed by atoms with Gasteiger partial charge in [-0.05, 0) is 42.8 Å². The number of anilines is 1. The van der Waals surface area contributed by atoms with E-state index in [2.05, 4.69) is 72.7 Å². The van der Waals surface area contributed by atoms with Crippen molar-refractivity contribution in [3.05, 3.63) is 65.2 Å². The van der Waals surface area contributed by atoms with Gasteiger partial charge in [0.15, 0.2) is 0 Å². The van der Waals surface area contributed by atoms with Crippen LogP contribution in [0.4, 0.5) is 5.69 Å². The topological polar surface area (TPSA) is 15.3 Å². The van der Waals surface area contributed by atoms with E-state index in [4.69, 9.17) is 0 Å². The van der Waals surface area contributed by atoms with E-state index in [1.165, 1.54) is 22.4 Å². The molecule has 0 aliphatic carbocycles. The maximum atomic E-state index is 3.17. The maximum absolute atomic E-state index is 3.17. The lowest BCUT2D eigenvalue weighted by molar-refractivity contribution is 0.817. The van der Waals surface area contributed by atoms with Crippen molar-refractivity contribution in [2.24, 2.45) is 0 Å². The summed E-state index contributed by atoms with van der Waals surface area (Å²) >= 11 is 0. The summed E-state index contributed by atoms with van der Waals surface area (Å²) in [6, 6.07) is 17.3. The third kappa shape index (κ3) is 3.58. The molecule has 2 aromatic rings. The fourth-order valence-electron chi connectivity index (χ4n) is 2.21. The molecule has 0 amide bonds. The molecule has 0 fully saturated rings. The van der Waals surface area contributed by atoms with E-state index in [0.717, 1.165) is 13.1 Å². The van der Waals surface area contributed by atoms with Crippen molar-refractivity contribution in [2.45, 2.75) is 20.0 Å². The Labute approximate surface area is 116 Å². The Morgan fingerprint density at radius 1 is 1.00 bits per heavy atom. The van der Waals surface area contributed by atoms with Gasteiger partial charge in [-0.3, -0.25) is 0 Å². The highest BCUT2D eigenvalue weighted by Gasteiger charge is 2.04. The first-order valence-corrected chi connectivity index (χ1v) is 6.70. The molecule has 0 saturated heterocycles. The lowest BCUT2D eigenvalue weighted by atomic mass is 10.1. The van der Waals surface area contributed by atoms with Crippen LogP contribution in [0.25, 0.3) is 0 Å². The molecule has 0 aliphatic rings. The quantitative estimate of drug-likeness (QED) is 0.880. The van der Waals surface area contributed by atoms with Gasteiger partial charge in [-0.15, -0.1) is 0 Å². The third-order valence-electron chi connectivity index (χ3n) is 3.43. The first kappa shape index (κ1) is 13.6. The van der Waals surface area contributed by atoms with Gasteiger partial charge in [-0.2, -0.15) is 0 Å². The highest BCUT2D eigenvalue weighted by Crippen LogP contribution is 2.18. The Morgan fingerprint density at radius 3 is 2.32 bits per heavy atom. The monoisotopic (exact) mass is 254 g/mol. The number of nitrogens with one attached hydrogen (secondary N) is 1. The Hall–Kier alpha value is -1.80. The van der Waals surface area contributed by atoms with Crippen LogP contribution in [0.15, 0.2) is 48.5 Å². The highest BCUT2D eigenvalue weighted by atomic mass is 15.1. The lowest BCUT2D eigenvalue weighted by Crippen LogP contribution is -2.17. The number of benzene rings is 2. The Kier molecular flexibility index (Phi) is 4.58. The second-order valence-electron chi connectivity index (χ2n) is 4.98. The molecule has 0 aromatic heterocycles. The number of aryl methyl sites for hydroxylation is 1. The summed E-state index contributed by atoms with van der Waals surface area (Å²) in [5.41, 5.74) is 5.30.